The first-order valence-electron chi connectivity index (χ1n) is 5.80. The van der Waals surface area contributed by atoms with Crippen molar-refractivity contribution in [1.82, 2.24) is 29.1 Å². The van der Waals surface area contributed by atoms with Crippen molar-refractivity contribution in [3.05, 3.63) is 22.7 Å². The molecule has 3 rings (SSSR count). The largest absolute Gasteiger partial charge is 0.327 e. The number of nitrogens with one attached hydrogen (secondary N) is 1. The molecule has 18 heavy (non-hydrogen) atoms. The molecule has 0 amide bonds. The van der Waals surface area contributed by atoms with Crippen LogP contribution in [0.15, 0.2) is 12.3 Å². The minimum Gasteiger partial charge on any atom is -0.327 e. The summed E-state index contributed by atoms with van der Waals surface area (Å²) in [6, 6.07) is 1.94. The third kappa shape index (κ3) is 1.43. The first kappa shape index (κ1) is 11.2. The molecule has 0 aromatic carbocycles. The van der Waals surface area contributed by atoms with Crippen molar-refractivity contribution in [3.8, 4) is 5.82 Å². The second kappa shape index (κ2) is 3.81. The molecule has 0 aliphatic carbocycles. The molecule has 3 heterocycles. The van der Waals surface area contributed by atoms with E-state index in [0.717, 1.165) is 29.2 Å². The Balaban J connectivity index is 2.41. The van der Waals surface area contributed by atoms with Gasteiger partial charge in [0, 0.05) is 25.9 Å². The Kier molecular flexibility index (Phi) is 2.37. The molecule has 0 fully saturated rings. The van der Waals surface area contributed by atoms with E-state index in [1.165, 1.54) is 0 Å². The van der Waals surface area contributed by atoms with Gasteiger partial charge < -0.3 is 4.98 Å². The van der Waals surface area contributed by atoms with Crippen LogP contribution in [0.4, 0.5) is 0 Å². The van der Waals surface area contributed by atoms with E-state index < -0.39 is 0 Å². The van der Waals surface area contributed by atoms with E-state index in [1.807, 2.05) is 35.5 Å². The van der Waals surface area contributed by atoms with Crippen LogP contribution in [0.5, 0.6) is 0 Å². The normalized spacial score (nSPS) is 11.5. The lowest BCUT2D eigenvalue weighted by molar-refractivity contribution is 0.658. The van der Waals surface area contributed by atoms with Gasteiger partial charge >= 0.3 is 0 Å². The van der Waals surface area contributed by atoms with E-state index >= 15 is 0 Å². The fourth-order valence-corrected chi connectivity index (χ4v) is 2.44. The van der Waals surface area contributed by atoms with Crippen molar-refractivity contribution < 1.29 is 0 Å². The van der Waals surface area contributed by atoms with E-state index in [9.17, 15) is 0 Å². The van der Waals surface area contributed by atoms with Crippen LogP contribution in [-0.4, -0.2) is 29.1 Å². The summed E-state index contributed by atoms with van der Waals surface area (Å²) in [5, 5.41) is 8.89. The van der Waals surface area contributed by atoms with Crippen LogP contribution in [0.1, 0.15) is 12.6 Å². The van der Waals surface area contributed by atoms with Gasteiger partial charge in [-0.25, -0.2) is 4.68 Å². The minimum absolute atomic E-state index is 0.645. The highest BCUT2D eigenvalue weighted by molar-refractivity contribution is 7.71. The van der Waals surface area contributed by atoms with Gasteiger partial charge in [-0.2, -0.15) is 10.2 Å². The number of aromatic nitrogens is 6. The summed E-state index contributed by atoms with van der Waals surface area (Å²) in [4.78, 5) is 3.20. The van der Waals surface area contributed by atoms with Crippen LogP contribution in [0.2, 0.25) is 0 Å². The highest BCUT2D eigenvalue weighted by Crippen LogP contribution is 2.21. The Bertz CT molecular complexity index is 771. The van der Waals surface area contributed by atoms with Crippen LogP contribution in [-0.2, 0) is 13.6 Å². The van der Waals surface area contributed by atoms with Gasteiger partial charge in [0.25, 0.3) is 0 Å². The number of aromatic amines is 1. The monoisotopic (exact) mass is 262 g/mol. The topological polar surface area (TPSA) is 56.4 Å². The minimum atomic E-state index is 0.645. The van der Waals surface area contributed by atoms with Crippen LogP contribution < -0.4 is 0 Å². The predicted molar refractivity (Wildman–Crippen MR) is 71.4 cm³/mol. The molecule has 0 aliphatic heterocycles. The highest BCUT2D eigenvalue weighted by atomic mass is 32.1. The van der Waals surface area contributed by atoms with E-state index in [4.69, 9.17) is 12.2 Å². The maximum Gasteiger partial charge on any atom is 0.185 e. The van der Waals surface area contributed by atoms with Crippen molar-refractivity contribution in [2.45, 2.75) is 20.4 Å². The molecule has 94 valence electrons. The Hall–Kier alpha value is -1.89. The van der Waals surface area contributed by atoms with Crippen LogP contribution in [0, 0.1) is 11.7 Å². The molecule has 1 N–H and O–H groups in total. The van der Waals surface area contributed by atoms with Crippen molar-refractivity contribution >= 4 is 23.4 Å². The summed E-state index contributed by atoms with van der Waals surface area (Å²) >= 11 is 5.38. The molecular formula is C11H14N6S. The standard InChI is InChI=1S/C11H14N6S/c1-4-16-10-9(7(2)13-16)12-11(18)17(10)8-5-6-15(3)14-8/h5-6H,4H2,1-3H3,(H,12,18). The van der Waals surface area contributed by atoms with E-state index in [1.54, 1.807) is 4.68 Å². The average molecular weight is 262 g/mol. The number of rotatable bonds is 2. The van der Waals surface area contributed by atoms with Gasteiger partial charge in [0.1, 0.15) is 5.52 Å². The van der Waals surface area contributed by atoms with Crippen molar-refractivity contribution in [2.75, 3.05) is 0 Å². The van der Waals surface area contributed by atoms with Gasteiger partial charge in [0.2, 0.25) is 0 Å². The lowest BCUT2D eigenvalue weighted by Gasteiger charge is -2.02. The van der Waals surface area contributed by atoms with E-state index in [0.29, 0.717) is 4.77 Å². The smallest absolute Gasteiger partial charge is 0.185 e. The van der Waals surface area contributed by atoms with Gasteiger partial charge in [-0.15, -0.1) is 0 Å². The number of aryl methyl sites for hydroxylation is 3. The Morgan fingerprint density at radius 2 is 2.17 bits per heavy atom. The SMILES string of the molecule is CCn1nc(C)c2[nH]c(=S)n(-c3ccn(C)n3)c21. The molecule has 0 spiro atoms. The summed E-state index contributed by atoms with van der Waals surface area (Å²) in [6.07, 6.45) is 1.90. The number of H-pyrrole nitrogens is 1. The third-order valence-corrected chi connectivity index (χ3v) is 3.26. The molecule has 0 atom stereocenters. The van der Waals surface area contributed by atoms with Gasteiger partial charge in [-0.1, -0.05) is 0 Å². The molecule has 7 heteroatoms. The molecule has 0 saturated carbocycles. The maximum atomic E-state index is 5.38. The van der Waals surface area contributed by atoms with Crippen molar-refractivity contribution in [1.29, 1.82) is 0 Å². The summed E-state index contributed by atoms with van der Waals surface area (Å²) < 4.78 is 6.27. The number of hydrogen-bond acceptors (Lipinski definition) is 3. The summed E-state index contributed by atoms with van der Waals surface area (Å²) in [7, 11) is 1.89. The fraction of sp³-hybridized carbons (Fsp3) is 0.364. The second-order valence-corrected chi connectivity index (χ2v) is 4.60. The molecular weight excluding hydrogens is 248 g/mol. The van der Waals surface area contributed by atoms with Gasteiger partial charge in [-0.05, 0) is 26.1 Å². The van der Waals surface area contributed by atoms with Crippen LogP contribution in [0.3, 0.4) is 0 Å². The number of imidazole rings is 1. The van der Waals surface area contributed by atoms with Gasteiger partial charge in [0.05, 0.1) is 5.69 Å². The third-order valence-electron chi connectivity index (χ3n) is 2.98. The number of hydrogen-bond donors (Lipinski definition) is 1. The summed E-state index contributed by atoms with van der Waals surface area (Å²) in [5.74, 6) is 0.809. The van der Waals surface area contributed by atoms with Gasteiger partial charge in [-0.3, -0.25) is 9.25 Å². The van der Waals surface area contributed by atoms with E-state index in [-0.39, 0.29) is 0 Å². The Morgan fingerprint density at radius 3 is 2.78 bits per heavy atom. The molecule has 0 aliphatic rings. The molecule has 3 aromatic rings. The maximum absolute atomic E-state index is 5.38. The molecule has 0 saturated heterocycles. The average Bonchev–Trinajstić information content (AvgIpc) is 2.96. The molecule has 3 aromatic heterocycles. The first-order chi connectivity index (χ1) is 8.61. The highest BCUT2D eigenvalue weighted by Gasteiger charge is 2.16. The second-order valence-electron chi connectivity index (χ2n) is 4.21. The zero-order valence-electron chi connectivity index (χ0n) is 10.5. The van der Waals surface area contributed by atoms with Crippen molar-refractivity contribution in [3.63, 3.8) is 0 Å². The fourth-order valence-electron chi connectivity index (χ4n) is 2.16. The lowest BCUT2D eigenvalue weighted by Crippen LogP contribution is -2.04. The predicted octanol–water partition coefficient (Wildman–Crippen LogP) is 1.95. The molecule has 0 bridgehead atoms. The molecule has 0 unspecified atom stereocenters. The zero-order valence-corrected chi connectivity index (χ0v) is 11.3. The Morgan fingerprint density at radius 1 is 1.39 bits per heavy atom. The van der Waals surface area contributed by atoms with Gasteiger partial charge in [0.15, 0.2) is 16.2 Å². The van der Waals surface area contributed by atoms with Crippen molar-refractivity contribution in [2.24, 2.45) is 7.05 Å². The summed E-state index contributed by atoms with van der Waals surface area (Å²) in [5.41, 5.74) is 2.90. The zero-order chi connectivity index (χ0) is 12.9. The number of fused-ring (bicyclic) bond motifs is 1. The summed E-state index contributed by atoms with van der Waals surface area (Å²) in [6.45, 7) is 4.83. The van der Waals surface area contributed by atoms with Crippen LogP contribution in [0.25, 0.3) is 17.0 Å². The number of nitrogens with zero attached hydrogens (tertiary/aromatic N) is 5. The molecule has 0 radical (unpaired) electrons. The molecule has 6 nitrogen and oxygen atoms in total. The Labute approximate surface area is 109 Å². The quantitative estimate of drug-likeness (QED) is 0.718. The lowest BCUT2D eigenvalue weighted by atomic mass is 10.4. The van der Waals surface area contributed by atoms with Crippen LogP contribution >= 0.6 is 12.2 Å². The van der Waals surface area contributed by atoms with E-state index in [2.05, 4.69) is 22.1 Å². The first-order valence-corrected chi connectivity index (χ1v) is 6.20.